The van der Waals surface area contributed by atoms with Crippen molar-refractivity contribution in [2.24, 2.45) is 0 Å². The maximum atomic E-state index is 12.9. The fraction of sp³-hybridized carbons (Fsp3) is 0.455. The molecule has 156 valence electrons. The highest BCUT2D eigenvalue weighted by atomic mass is 32.2. The van der Waals surface area contributed by atoms with Crippen LogP contribution in [0.5, 0.6) is 5.75 Å². The Hall–Kier alpha value is -2.09. The van der Waals surface area contributed by atoms with Crippen LogP contribution in [0.25, 0.3) is 0 Å². The fourth-order valence-electron chi connectivity index (χ4n) is 4.50. The molecular weight excluding hydrogens is 386 g/mol. The zero-order valence-electron chi connectivity index (χ0n) is 17.0. The molecule has 2 aliphatic rings. The zero-order valence-corrected chi connectivity index (χ0v) is 17.8. The lowest BCUT2D eigenvalue weighted by Gasteiger charge is -2.40. The van der Waals surface area contributed by atoms with Crippen molar-refractivity contribution >= 4 is 15.7 Å². The number of ether oxygens (including phenoxy) is 1. The summed E-state index contributed by atoms with van der Waals surface area (Å²) in [4.78, 5) is 4.42. The van der Waals surface area contributed by atoms with Crippen molar-refractivity contribution < 1.29 is 18.1 Å². The topological polar surface area (TPSA) is 54.3 Å². The number of piperidine rings is 1. The molecule has 29 heavy (non-hydrogen) atoms. The molecule has 0 radical (unpaired) electrons. The molecule has 0 unspecified atom stereocenters. The molecule has 0 saturated carbocycles. The summed E-state index contributed by atoms with van der Waals surface area (Å²) in [7, 11) is -1.85. The molecule has 2 heterocycles. The van der Waals surface area contributed by atoms with E-state index in [2.05, 4.69) is 35.2 Å². The van der Waals surface area contributed by atoms with Gasteiger partial charge in [0.2, 0.25) is 10.0 Å². The van der Waals surface area contributed by atoms with Crippen LogP contribution in [0.4, 0.5) is 5.69 Å². The number of para-hydroxylation sites is 1. The first-order valence-corrected chi connectivity index (χ1v) is 11.8. The molecular formula is C22H30N3O3S+. The van der Waals surface area contributed by atoms with E-state index < -0.39 is 10.0 Å². The van der Waals surface area contributed by atoms with Crippen LogP contribution >= 0.6 is 0 Å². The van der Waals surface area contributed by atoms with Crippen molar-refractivity contribution in [3.05, 3.63) is 54.6 Å². The van der Waals surface area contributed by atoms with Crippen LogP contribution in [-0.2, 0) is 10.0 Å². The molecule has 2 aromatic rings. The van der Waals surface area contributed by atoms with Crippen LogP contribution in [0.3, 0.4) is 0 Å². The van der Waals surface area contributed by atoms with E-state index in [1.54, 1.807) is 40.6 Å². The monoisotopic (exact) mass is 416 g/mol. The molecule has 0 spiro atoms. The number of anilines is 1. The lowest BCUT2D eigenvalue weighted by atomic mass is 10.0. The van der Waals surface area contributed by atoms with Gasteiger partial charge >= 0.3 is 0 Å². The molecule has 4 rings (SSSR count). The molecule has 2 aliphatic heterocycles. The second-order valence-corrected chi connectivity index (χ2v) is 9.77. The average molecular weight is 417 g/mol. The van der Waals surface area contributed by atoms with E-state index >= 15 is 0 Å². The van der Waals surface area contributed by atoms with E-state index in [4.69, 9.17) is 4.74 Å². The van der Waals surface area contributed by atoms with Crippen LogP contribution in [-0.4, -0.2) is 65.1 Å². The first kappa shape index (κ1) is 20.2. The summed E-state index contributed by atoms with van der Waals surface area (Å²) in [6.45, 7) is 5.55. The number of hydrogen-bond donors (Lipinski definition) is 1. The number of nitrogens with one attached hydrogen (secondary N) is 1. The minimum absolute atomic E-state index is 0.348. The van der Waals surface area contributed by atoms with Gasteiger partial charge in [-0.25, -0.2) is 8.42 Å². The van der Waals surface area contributed by atoms with Crippen LogP contribution in [0.1, 0.15) is 12.8 Å². The van der Waals surface area contributed by atoms with Gasteiger partial charge in [0.1, 0.15) is 5.75 Å². The van der Waals surface area contributed by atoms with E-state index in [-0.39, 0.29) is 0 Å². The normalized spacial score (nSPS) is 20.0. The summed E-state index contributed by atoms with van der Waals surface area (Å²) in [5.41, 5.74) is 1.30. The highest BCUT2D eigenvalue weighted by Crippen LogP contribution is 2.22. The van der Waals surface area contributed by atoms with Gasteiger partial charge in [0, 0.05) is 31.6 Å². The Labute approximate surface area is 173 Å². The highest BCUT2D eigenvalue weighted by Gasteiger charge is 2.35. The van der Waals surface area contributed by atoms with Crippen molar-refractivity contribution in [1.82, 2.24) is 4.31 Å². The first-order chi connectivity index (χ1) is 14.1. The molecule has 0 amide bonds. The van der Waals surface area contributed by atoms with Gasteiger partial charge in [-0.15, -0.1) is 0 Å². The van der Waals surface area contributed by atoms with Crippen LogP contribution in [0, 0.1) is 0 Å². The molecule has 7 heteroatoms. The Balaban J connectivity index is 1.31. The Kier molecular flexibility index (Phi) is 6.08. The number of quaternary nitrogens is 1. The summed E-state index contributed by atoms with van der Waals surface area (Å²) in [6.07, 6.45) is 1.85. The van der Waals surface area contributed by atoms with Crippen molar-refractivity contribution in [3.8, 4) is 5.75 Å². The van der Waals surface area contributed by atoms with Gasteiger partial charge in [0.25, 0.3) is 0 Å². The van der Waals surface area contributed by atoms with Gasteiger partial charge in [-0.3, -0.25) is 0 Å². The predicted molar refractivity (Wildman–Crippen MR) is 114 cm³/mol. The molecule has 0 aromatic heterocycles. The van der Waals surface area contributed by atoms with Gasteiger partial charge < -0.3 is 14.5 Å². The van der Waals surface area contributed by atoms with E-state index in [9.17, 15) is 8.42 Å². The summed E-state index contributed by atoms with van der Waals surface area (Å²) in [5, 5.41) is 0. The van der Waals surface area contributed by atoms with E-state index in [0.29, 0.717) is 29.8 Å². The Morgan fingerprint density at radius 3 is 2.10 bits per heavy atom. The summed E-state index contributed by atoms with van der Waals surface area (Å²) in [5.74, 6) is 0.668. The van der Waals surface area contributed by atoms with E-state index in [1.807, 2.05) is 0 Å². The molecule has 0 atom stereocenters. The summed E-state index contributed by atoms with van der Waals surface area (Å²) in [6, 6.07) is 17.8. The zero-order chi connectivity index (χ0) is 20.3. The third-order valence-electron chi connectivity index (χ3n) is 6.26. The standard InChI is InChI=1S/C22H29N3O3S/c1-28-21-7-9-22(10-8-21)29(26,27)25-13-11-20(12-14-25)24-17-15-23(16-18-24)19-5-3-2-4-6-19/h2-10,20H,11-18H2,1H3/p+1. The van der Waals surface area contributed by atoms with Crippen LogP contribution < -0.4 is 14.5 Å². The van der Waals surface area contributed by atoms with Gasteiger partial charge in [-0.1, -0.05) is 18.2 Å². The van der Waals surface area contributed by atoms with Crippen LogP contribution in [0.15, 0.2) is 59.5 Å². The van der Waals surface area contributed by atoms with Gasteiger partial charge in [0.05, 0.1) is 44.2 Å². The number of hydrogen-bond acceptors (Lipinski definition) is 4. The smallest absolute Gasteiger partial charge is 0.243 e. The predicted octanol–water partition coefficient (Wildman–Crippen LogP) is 1.25. The first-order valence-electron chi connectivity index (χ1n) is 10.4. The number of methoxy groups -OCH3 is 1. The van der Waals surface area contributed by atoms with Gasteiger partial charge in [-0.2, -0.15) is 4.31 Å². The third kappa shape index (κ3) is 4.42. The summed E-state index contributed by atoms with van der Waals surface area (Å²) < 4.78 is 32.7. The number of sulfonamides is 1. The Morgan fingerprint density at radius 1 is 0.897 bits per heavy atom. The number of benzene rings is 2. The molecule has 6 nitrogen and oxygen atoms in total. The van der Waals surface area contributed by atoms with Crippen molar-refractivity contribution in [1.29, 1.82) is 0 Å². The molecule has 0 bridgehead atoms. The minimum atomic E-state index is -3.43. The van der Waals surface area contributed by atoms with E-state index in [0.717, 1.165) is 39.0 Å². The quantitative estimate of drug-likeness (QED) is 0.797. The van der Waals surface area contributed by atoms with Crippen molar-refractivity contribution in [3.63, 3.8) is 0 Å². The fourth-order valence-corrected chi connectivity index (χ4v) is 5.97. The van der Waals surface area contributed by atoms with Crippen LogP contribution in [0.2, 0.25) is 0 Å². The Bertz CT molecular complexity index is 887. The number of rotatable bonds is 5. The average Bonchev–Trinajstić information content (AvgIpc) is 2.80. The Morgan fingerprint density at radius 2 is 1.52 bits per heavy atom. The third-order valence-corrected chi connectivity index (χ3v) is 8.17. The minimum Gasteiger partial charge on any atom is -0.497 e. The second kappa shape index (κ2) is 8.73. The highest BCUT2D eigenvalue weighted by molar-refractivity contribution is 7.89. The van der Waals surface area contributed by atoms with Crippen molar-refractivity contribution in [2.45, 2.75) is 23.8 Å². The SMILES string of the molecule is COc1ccc(S(=O)(=O)N2CCC([NH+]3CCN(c4ccccc4)CC3)CC2)cc1. The molecule has 2 fully saturated rings. The number of nitrogens with zero attached hydrogens (tertiary/aromatic N) is 2. The van der Waals surface area contributed by atoms with Gasteiger partial charge in [0.15, 0.2) is 0 Å². The maximum absolute atomic E-state index is 12.9. The lowest BCUT2D eigenvalue weighted by molar-refractivity contribution is -0.927. The summed E-state index contributed by atoms with van der Waals surface area (Å²) >= 11 is 0. The van der Waals surface area contributed by atoms with Crippen molar-refractivity contribution in [2.75, 3.05) is 51.3 Å². The lowest BCUT2D eigenvalue weighted by Crippen LogP contribution is -3.18. The molecule has 0 aliphatic carbocycles. The largest absolute Gasteiger partial charge is 0.497 e. The second-order valence-electron chi connectivity index (χ2n) is 7.83. The maximum Gasteiger partial charge on any atom is 0.243 e. The molecule has 2 saturated heterocycles. The van der Waals surface area contributed by atoms with E-state index in [1.165, 1.54) is 5.69 Å². The molecule has 1 N–H and O–H groups in total. The number of piperazine rings is 1. The molecule has 2 aromatic carbocycles. The van der Waals surface area contributed by atoms with Gasteiger partial charge in [-0.05, 0) is 36.4 Å².